The summed E-state index contributed by atoms with van der Waals surface area (Å²) in [4.78, 5) is 28.5. The molecule has 5 nitrogen and oxygen atoms in total. The van der Waals surface area contributed by atoms with Crippen molar-refractivity contribution < 1.29 is 14.3 Å². The summed E-state index contributed by atoms with van der Waals surface area (Å²) in [7, 11) is 0. The molecule has 3 aromatic rings. The van der Waals surface area contributed by atoms with Crippen molar-refractivity contribution in [2.24, 2.45) is 0 Å². The van der Waals surface area contributed by atoms with Crippen molar-refractivity contribution in [3.63, 3.8) is 0 Å². The number of hydrogen-bond donors (Lipinski definition) is 1. The Kier molecular flexibility index (Phi) is 6.30. The van der Waals surface area contributed by atoms with Crippen molar-refractivity contribution in [1.82, 2.24) is 4.98 Å². The zero-order chi connectivity index (χ0) is 18.9. The van der Waals surface area contributed by atoms with Crippen LogP contribution in [-0.4, -0.2) is 16.7 Å². The van der Waals surface area contributed by atoms with Gasteiger partial charge in [-0.15, -0.1) is 0 Å². The summed E-state index contributed by atoms with van der Waals surface area (Å²) in [6, 6.07) is 22.2. The number of nitrogens with one attached hydrogen (secondary N) is 1. The topological polar surface area (TPSA) is 68.3 Å². The number of Topliss-reactive ketones (excluding diaryl/α,β-unsaturated/α-hetero) is 1. The van der Waals surface area contributed by atoms with Gasteiger partial charge in [-0.1, -0.05) is 60.7 Å². The van der Waals surface area contributed by atoms with Crippen LogP contribution in [0.2, 0.25) is 0 Å². The molecule has 5 heteroatoms. The van der Waals surface area contributed by atoms with Crippen molar-refractivity contribution in [3.8, 4) is 5.75 Å². The number of carbonyl (C=O) groups excluding carboxylic acids is 2. The molecule has 27 heavy (non-hydrogen) atoms. The van der Waals surface area contributed by atoms with Crippen molar-refractivity contribution in [1.29, 1.82) is 0 Å². The van der Waals surface area contributed by atoms with Crippen LogP contribution in [0.3, 0.4) is 0 Å². The summed E-state index contributed by atoms with van der Waals surface area (Å²) >= 11 is 0. The second kappa shape index (κ2) is 9.29. The quantitative estimate of drug-likeness (QED) is 0.609. The third-order valence-corrected chi connectivity index (χ3v) is 3.94. The number of nitrogens with zero attached hydrogens (tertiary/aromatic N) is 1. The number of hydrogen-bond acceptors (Lipinski definition) is 4. The summed E-state index contributed by atoms with van der Waals surface area (Å²) in [5, 5.41) is 2.73. The molecule has 3 rings (SSSR count). The second-order valence-corrected chi connectivity index (χ2v) is 5.96. The van der Waals surface area contributed by atoms with Gasteiger partial charge in [-0.05, 0) is 17.7 Å². The summed E-state index contributed by atoms with van der Waals surface area (Å²) in [5.74, 6) is 0.504. The minimum Gasteiger partial charge on any atom is -0.485 e. The Hall–Kier alpha value is -3.47. The first-order chi connectivity index (χ1) is 13.2. The number of amides is 1. The molecule has 136 valence electrons. The lowest BCUT2D eigenvalue weighted by Crippen LogP contribution is -2.15. The molecule has 2 aromatic carbocycles. The van der Waals surface area contributed by atoms with E-state index in [1.54, 1.807) is 42.6 Å². The molecule has 0 saturated heterocycles. The summed E-state index contributed by atoms with van der Waals surface area (Å²) < 4.78 is 5.77. The Morgan fingerprint density at radius 1 is 0.852 bits per heavy atom. The molecular formula is C22H20N2O3. The van der Waals surface area contributed by atoms with E-state index in [-0.39, 0.29) is 24.5 Å². The molecule has 0 aliphatic heterocycles. The Balaban J connectivity index is 1.55. The van der Waals surface area contributed by atoms with Crippen LogP contribution >= 0.6 is 0 Å². The first-order valence-electron chi connectivity index (χ1n) is 8.72. The molecule has 0 atom stereocenters. The standard InChI is InChI=1S/C22H20N2O3/c25-19(18-10-5-2-6-11-18)13-14-21(26)24-22-20(12-7-15-23-22)27-16-17-8-3-1-4-9-17/h1-12,15H,13-14,16H2,(H,23,24,26). The number of anilines is 1. The van der Waals surface area contributed by atoms with E-state index in [1.165, 1.54) is 0 Å². The van der Waals surface area contributed by atoms with E-state index in [9.17, 15) is 9.59 Å². The van der Waals surface area contributed by atoms with E-state index in [0.717, 1.165) is 5.56 Å². The lowest BCUT2D eigenvalue weighted by atomic mass is 10.1. The second-order valence-electron chi connectivity index (χ2n) is 5.96. The fraction of sp³-hybridized carbons (Fsp3) is 0.136. The van der Waals surface area contributed by atoms with E-state index in [2.05, 4.69) is 10.3 Å². The Bertz CT molecular complexity index is 896. The SMILES string of the molecule is O=C(CCC(=O)c1ccccc1)Nc1ncccc1OCc1ccccc1. The van der Waals surface area contributed by atoms with Crippen LogP contribution in [0.5, 0.6) is 5.75 Å². The number of carbonyl (C=O) groups is 2. The average Bonchev–Trinajstić information content (AvgIpc) is 2.73. The van der Waals surface area contributed by atoms with Crippen molar-refractivity contribution >= 4 is 17.5 Å². The third kappa shape index (κ3) is 5.51. The first kappa shape index (κ1) is 18.3. The van der Waals surface area contributed by atoms with E-state index >= 15 is 0 Å². The van der Waals surface area contributed by atoms with Gasteiger partial charge in [0, 0.05) is 24.6 Å². The predicted octanol–water partition coefficient (Wildman–Crippen LogP) is 4.26. The molecular weight excluding hydrogens is 340 g/mol. The van der Waals surface area contributed by atoms with Gasteiger partial charge in [-0.25, -0.2) is 4.98 Å². The summed E-state index contributed by atoms with van der Waals surface area (Å²) in [6.07, 6.45) is 1.81. The third-order valence-electron chi connectivity index (χ3n) is 3.94. The highest BCUT2D eigenvalue weighted by atomic mass is 16.5. The molecule has 0 spiro atoms. The van der Waals surface area contributed by atoms with Gasteiger partial charge in [0.15, 0.2) is 17.4 Å². The van der Waals surface area contributed by atoms with Gasteiger partial charge in [0.2, 0.25) is 5.91 Å². The molecule has 0 unspecified atom stereocenters. The highest BCUT2D eigenvalue weighted by molar-refractivity contribution is 6.00. The van der Waals surface area contributed by atoms with Crippen LogP contribution < -0.4 is 10.1 Å². The molecule has 0 bridgehead atoms. The average molecular weight is 360 g/mol. The Morgan fingerprint density at radius 2 is 1.56 bits per heavy atom. The number of benzene rings is 2. The fourth-order valence-electron chi connectivity index (χ4n) is 2.53. The largest absolute Gasteiger partial charge is 0.485 e. The molecule has 0 aliphatic rings. The summed E-state index contributed by atoms with van der Waals surface area (Å²) in [6.45, 7) is 0.377. The van der Waals surface area contributed by atoms with Gasteiger partial charge in [-0.3, -0.25) is 9.59 Å². The Labute approximate surface area is 158 Å². The highest BCUT2D eigenvalue weighted by Crippen LogP contribution is 2.22. The smallest absolute Gasteiger partial charge is 0.226 e. The van der Waals surface area contributed by atoms with Crippen LogP contribution in [0.15, 0.2) is 79.0 Å². The molecule has 1 heterocycles. The van der Waals surface area contributed by atoms with E-state index in [0.29, 0.717) is 23.7 Å². The van der Waals surface area contributed by atoms with Gasteiger partial charge >= 0.3 is 0 Å². The lowest BCUT2D eigenvalue weighted by Gasteiger charge is -2.11. The molecule has 0 saturated carbocycles. The van der Waals surface area contributed by atoms with E-state index in [4.69, 9.17) is 4.74 Å². The monoisotopic (exact) mass is 360 g/mol. The zero-order valence-corrected chi connectivity index (χ0v) is 14.8. The first-order valence-corrected chi connectivity index (χ1v) is 8.72. The Morgan fingerprint density at radius 3 is 2.30 bits per heavy atom. The van der Waals surface area contributed by atoms with Crippen molar-refractivity contribution in [2.75, 3.05) is 5.32 Å². The van der Waals surface area contributed by atoms with Gasteiger partial charge in [0.05, 0.1) is 0 Å². The number of ketones is 1. The van der Waals surface area contributed by atoms with Crippen LogP contribution in [-0.2, 0) is 11.4 Å². The van der Waals surface area contributed by atoms with Crippen LogP contribution in [0.1, 0.15) is 28.8 Å². The van der Waals surface area contributed by atoms with Gasteiger partial charge in [-0.2, -0.15) is 0 Å². The molecule has 0 aliphatic carbocycles. The van der Waals surface area contributed by atoms with E-state index in [1.807, 2.05) is 36.4 Å². The maximum Gasteiger partial charge on any atom is 0.226 e. The van der Waals surface area contributed by atoms with Gasteiger partial charge in [0.25, 0.3) is 0 Å². The maximum atomic E-state index is 12.2. The predicted molar refractivity (Wildman–Crippen MR) is 104 cm³/mol. The molecule has 1 amide bonds. The molecule has 1 N–H and O–H groups in total. The normalized spacial score (nSPS) is 10.2. The lowest BCUT2D eigenvalue weighted by molar-refractivity contribution is -0.116. The number of rotatable bonds is 8. The number of ether oxygens (including phenoxy) is 1. The van der Waals surface area contributed by atoms with Crippen molar-refractivity contribution in [2.45, 2.75) is 19.4 Å². The van der Waals surface area contributed by atoms with E-state index < -0.39 is 0 Å². The number of aromatic nitrogens is 1. The zero-order valence-electron chi connectivity index (χ0n) is 14.8. The molecule has 0 radical (unpaired) electrons. The van der Waals surface area contributed by atoms with Crippen LogP contribution in [0.25, 0.3) is 0 Å². The van der Waals surface area contributed by atoms with Crippen LogP contribution in [0.4, 0.5) is 5.82 Å². The minimum absolute atomic E-state index is 0.0627. The maximum absolute atomic E-state index is 12.2. The molecule has 0 fully saturated rings. The fourth-order valence-corrected chi connectivity index (χ4v) is 2.53. The molecule has 1 aromatic heterocycles. The highest BCUT2D eigenvalue weighted by Gasteiger charge is 2.12. The summed E-state index contributed by atoms with van der Waals surface area (Å²) in [5.41, 5.74) is 1.63. The van der Waals surface area contributed by atoms with Gasteiger partial charge in [0.1, 0.15) is 6.61 Å². The van der Waals surface area contributed by atoms with Crippen molar-refractivity contribution in [3.05, 3.63) is 90.1 Å². The van der Waals surface area contributed by atoms with Crippen LogP contribution in [0, 0.1) is 0 Å². The number of pyridine rings is 1. The minimum atomic E-state index is -0.275. The van der Waals surface area contributed by atoms with Gasteiger partial charge < -0.3 is 10.1 Å².